The lowest BCUT2D eigenvalue weighted by Crippen LogP contribution is -1.91. The first-order valence-corrected chi connectivity index (χ1v) is 9.04. The number of fused-ring (bicyclic) bond motifs is 2. The van der Waals surface area contributed by atoms with Crippen molar-refractivity contribution < 1.29 is 0 Å². The van der Waals surface area contributed by atoms with Crippen LogP contribution in [0.5, 0.6) is 0 Å². The van der Waals surface area contributed by atoms with Gasteiger partial charge < -0.3 is 9.97 Å². The molecule has 0 aliphatic heterocycles. The van der Waals surface area contributed by atoms with Crippen LogP contribution in [0.4, 0.5) is 0 Å². The van der Waals surface area contributed by atoms with Gasteiger partial charge in [-0.15, -0.1) is 0 Å². The van der Waals surface area contributed by atoms with Crippen LogP contribution >= 0.6 is 0 Å². The molecule has 0 saturated carbocycles. The molecular weight excluding hydrogens is 316 g/mol. The summed E-state index contributed by atoms with van der Waals surface area (Å²) in [6, 6.07) is 30.3. The minimum atomic E-state index is 0.932. The van der Waals surface area contributed by atoms with E-state index in [2.05, 4.69) is 94.9 Å². The summed E-state index contributed by atoms with van der Waals surface area (Å²) in [6.45, 7) is 0. The fourth-order valence-electron chi connectivity index (χ4n) is 3.67. The second kappa shape index (κ2) is 6.23. The zero-order chi connectivity index (χ0) is 17.3. The Labute approximate surface area is 152 Å². The highest BCUT2D eigenvalue weighted by Crippen LogP contribution is 2.20. The summed E-state index contributed by atoms with van der Waals surface area (Å²) in [5.74, 6) is 0. The lowest BCUT2D eigenvalue weighted by atomic mass is 10.0. The molecule has 0 aliphatic carbocycles. The Morgan fingerprint density at radius 2 is 0.923 bits per heavy atom. The molecule has 126 valence electrons. The second-order valence-corrected chi connectivity index (χ2v) is 6.93. The third-order valence-corrected chi connectivity index (χ3v) is 4.98. The molecule has 3 aromatic carbocycles. The van der Waals surface area contributed by atoms with E-state index in [1.165, 1.54) is 44.3 Å². The molecule has 2 aromatic heterocycles. The van der Waals surface area contributed by atoms with Crippen LogP contribution in [0.25, 0.3) is 21.8 Å². The van der Waals surface area contributed by atoms with Crippen molar-refractivity contribution in [2.75, 3.05) is 0 Å². The Morgan fingerprint density at radius 1 is 0.500 bits per heavy atom. The Balaban J connectivity index is 1.33. The summed E-state index contributed by atoms with van der Waals surface area (Å²) in [7, 11) is 0. The molecule has 0 atom stereocenters. The number of hydrogen-bond acceptors (Lipinski definition) is 0. The van der Waals surface area contributed by atoms with Gasteiger partial charge in [-0.1, -0.05) is 60.7 Å². The van der Waals surface area contributed by atoms with E-state index in [-0.39, 0.29) is 0 Å². The third kappa shape index (κ3) is 2.91. The summed E-state index contributed by atoms with van der Waals surface area (Å²) < 4.78 is 0. The maximum absolute atomic E-state index is 3.51. The first-order valence-electron chi connectivity index (χ1n) is 9.04. The molecule has 0 unspecified atom stereocenters. The average molecular weight is 336 g/mol. The molecule has 0 saturated heterocycles. The van der Waals surface area contributed by atoms with Crippen molar-refractivity contribution in [1.29, 1.82) is 0 Å². The van der Waals surface area contributed by atoms with Crippen molar-refractivity contribution in [2.45, 2.75) is 12.8 Å². The smallest absolute Gasteiger partial charge is 0.0456 e. The van der Waals surface area contributed by atoms with Gasteiger partial charge in [0.15, 0.2) is 0 Å². The maximum atomic E-state index is 3.51. The average Bonchev–Trinajstić information content (AvgIpc) is 3.25. The minimum Gasteiger partial charge on any atom is -0.358 e. The van der Waals surface area contributed by atoms with E-state index in [0.29, 0.717) is 0 Å². The first kappa shape index (κ1) is 15.0. The third-order valence-electron chi connectivity index (χ3n) is 4.98. The maximum Gasteiger partial charge on any atom is 0.0456 e. The molecule has 26 heavy (non-hydrogen) atoms. The molecular formula is C24H20N2. The van der Waals surface area contributed by atoms with Crippen LogP contribution in [-0.4, -0.2) is 9.97 Å². The van der Waals surface area contributed by atoms with Gasteiger partial charge in [-0.25, -0.2) is 0 Å². The highest BCUT2D eigenvalue weighted by atomic mass is 14.7. The lowest BCUT2D eigenvalue weighted by molar-refractivity contribution is 1.09. The van der Waals surface area contributed by atoms with Gasteiger partial charge in [0.1, 0.15) is 0 Å². The molecule has 0 fully saturated rings. The van der Waals surface area contributed by atoms with Gasteiger partial charge in [0.25, 0.3) is 0 Å². The normalized spacial score (nSPS) is 11.4. The number of para-hydroxylation sites is 2. The Kier molecular flexibility index (Phi) is 3.60. The molecule has 0 radical (unpaired) electrons. The second-order valence-electron chi connectivity index (χ2n) is 6.93. The van der Waals surface area contributed by atoms with Gasteiger partial charge in [0.2, 0.25) is 0 Å². The molecule has 5 aromatic rings. The van der Waals surface area contributed by atoms with Crippen molar-refractivity contribution in [3.8, 4) is 0 Å². The minimum absolute atomic E-state index is 0.932. The van der Waals surface area contributed by atoms with Crippen LogP contribution in [0.3, 0.4) is 0 Å². The van der Waals surface area contributed by atoms with Crippen molar-refractivity contribution >= 4 is 21.8 Å². The van der Waals surface area contributed by atoms with E-state index in [4.69, 9.17) is 0 Å². The van der Waals surface area contributed by atoms with Crippen LogP contribution in [0.2, 0.25) is 0 Å². The predicted octanol–water partition coefficient (Wildman–Crippen LogP) is 5.83. The number of aromatic nitrogens is 2. The SMILES string of the molecule is c1ccc2[nH]c(Cc3ccc(Cc4cc5ccccc5[nH]4)cc3)cc2c1. The zero-order valence-electron chi connectivity index (χ0n) is 14.5. The van der Waals surface area contributed by atoms with Gasteiger partial charge in [-0.3, -0.25) is 0 Å². The quantitative estimate of drug-likeness (QED) is 0.414. The molecule has 0 spiro atoms. The van der Waals surface area contributed by atoms with Gasteiger partial charge in [-0.2, -0.15) is 0 Å². The molecule has 0 aliphatic rings. The van der Waals surface area contributed by atoms with Crippen LogP contribution in [-0.2, 0) is 12.8 Å². The van der Waals surface area contributed by atoms with E-state index in [1.807, 2.05) is 0 Å². The van der Waals surface area contributed by atoms with Gasteiger partial charge in [-0.05, 0) is 46.2 Å². The number of benzene rings is 3. The van der Waals surface area contributed by atoms with E-state index in [1.54, 1.807) is 0 Å². The number of rotatable bonds is 4. The van der Waals surface area contributed by atoms with Crippen molar-refractivity contribution in [3.05, 3.63) is 107 Å². The highest BCUT2D eigenvalue weighted by molar-refractivity contribution is 5.81. The summed E-state index contributed by atoms with van der Waals surface area (Å²) in [4.78, 5) is 7.02. The van der Waals surface area contributed by atoms with Gasteiger partial charge in [0, 0.05) is 35.3 Å². The summed E-state index contributed by atoms with van der Waals surface area (Å²) in [5, 5.41) is 2.55. The monoisotopic (exact) mass is 336 g/mol. The molecule has 2 heterocycles. The first-order chi connectivity index (χ1) is 12.8. The molecule has 0 bridgehead atoms. The molecule has 2 heteroatoms. The van der Waals surface area contributed by atoms with Crippen LogP contribution in [0, 0.1) is 0 Å². The Hall–Kier alpha value is -3.26. The molecule has 2 nitrogen and oxygen atoms in total. The van der Waals surface area contributed by atoms with E-state index in [9.17, 15) is 0 Å². The van der Waals surface area contributed by atoms with E-state index >= 15 is 0 Å². The predicted molar refractivity (Wildman–Crippen MR) is 109 cm³/mol. The van der Waals surface area contributed by atoms with Crippen LogP contribution in [0.15, 0.2) is 84.9 Å². The van der Waals surface area contributed by atoms with Crippen LogP contribution in [0.1, 0.15) is 22.5 Å². The highest BCUT2D eigenvalue weighted by Gasteiger charge is 2.04. The van der Waals surface area contributed by atoms with Crippen molar-refractivity contribution in [3.63, 3.8) is 0 Å². The number of nitrogens with one attached hydrogen (secondary N) is 2. The molecule has 0 amide bonds. The largest absolute Gasteiger partial charge is 0.358 e. The standard InChI is InChI=1S/C24H20N2/c1-3-7-23-19(5-1)15-21(25-23)13-17-9-11-18(12-10-17)14-22-16-20-6-2-4-8-24(20)26-22/h1-12,15-16,25-26H,13-14H2. The van der Waals surface area contributed by atoms with Gasteiger partial charge >= 0.3 is 0 Å². The summed E-state index contributed by atoms with van der Waals surface area (Å²) in [5.41, 5.74) is 7.59. The lowest BCUT2D eigenvalue weighted by Gasteiger charge is -2.03. The fourth-order valence-corrected chi connectivity index (χ4v) is 3.67. The van der Waals surface area contributed by atoms with Gasteiger partial charge in [0.05, 0.1) is 0 Å². The van der Waals surface area contributed by atoms with E-state index in [0.717, 1.165) is 12.8 Å². The fraction of sp³-hybridized carbons (Fsp3) is 0.0833. The summed E-state index contributed by atoms with van der Waals surface area (Å²) in [6.07, 6.45) is 1.86. The zero-order valence-corrected chi connectivity index (χ0v) is 14.5. The van der Waals surface area contributed by atoms with Crippen LogP contribution < -0.4 is 0 Å². The number of aromatic amines is 2. The number of H-pyrrole nitrogens is 2. The van der Waals surface area contributed by atoms with Crippen molar-refractivity contribution in [2.24, 2.45) is 0 Å². The molecule has 2 N–H and O–H groups in total. The Bertz CT molecular complexity index is 1010. The van der Waals surface area contributed by atoms with Crippen molar-refractivity contribution in [1.82, 2.24) is 9.97 Å². The Morgan fingerprint density at radius 3 is 1.35 bits per heavy atom. The number of hydrogen-bond donors (Lipinski definition) is 2. The topological polar surface area (TPSA) is 31.6 Å². The summed E-state index contributed by atoms with van der Waals surface area (Å²) >= 11 is 0. The molecule has 5 rings (SSSR count). The van der Waals surface area contributed by atoms with E-state index < -0.39 is 0 Å².